The van der Waals surface area contributed by atoms with Crippen molar-refractivity contribution in [2.24, 2.45) is 0 Å². The summed E-state index contributed by atoms with van der Waals surface area (Å²) in [6, 6.07) is 20.1. The van der Waals surface area contributed by atoms with E-state index >= 15 is 0 Å². The van der Waals surface area contributed by atoms with Crippen LogP contribution in [0, 0.1) is 0 Å². The summed E-state index contributed by atoms with van der Waals surface area (Å²) >= 11 is 0. The maximum absolute atomic E-state index is 12.7. The predicted octanol–water partition coefficient (Wildman–Crippen LogP) is 3.41. The van der Waals surface area contributed by atoms with Crippen molar-refractivity contribution in [1.82, 2.24) is 14.7 Å². The normalized spacial score (nSPS) is 17.0. The van der Waals surface area contributed by atoms with Gasteiger partial charge in [0, 0.05) is 19.2 Å². The van der Waals surface area contributed by atoms with Crippen molar-refractivity contribution in [3.05, 3.63) is 84.2 Å². The third-order valence-corrected chi connectivity index (χ3v) is 4.87. The van der Waals surface area contributed by atoms with Gasteiger partial charge in [-0.05, 0) is 29.7 Å². The largest absolute Gasteiger partial charge is 0.370 e. The Balaban J connectivity index is 1.33. The van der Waals surface area contributed by atoms with E-state index in [1.165, 1.54) is 0 Å². The SMILES string of the molecule is O=C(CCc1cnn(-c2ccccc2)c1)N1CCOC(c2ccccc2)C1. The quantitative estimate of drug-likeness (QED) is 0.700. The molecule has 1 aliphatic rings. The molecule has 5 heteroatoms. The second kappa shape index (κ2) is 8.18. The standard InChI is InChI=1S/C22H23N3O2/c26-22(24-13-14-27-21(17-24)19-7-3-1-4-8-19)12-11-18-15-23-25(16-18)20-9-5-2-6-10-20/h1-10,15-16,21H,11-14,17H2. The lowest BCUT2D eigenvalue weighted by molar-refractivity contribution is -0.139. The molecule has 1 fully saturated rings. The Morgan fingerprint density at radius 2 is 1.81 bits per heavy atom. The van der Waals surface area contributed by atoms with E-state index in [-0.39, 0.29) is 12.0 Å². The number of morpholine rings is 1. The first kappa shape index (κ1) is 17.5. The Labute approximate surface area is 159 Å². The van der Waals surface area contributed by atoms with Crippen LogP contribution in [0.4, 0.5) is 0 Å². The fourth-order valence-corrected chi connectivity index (χ4v) is 3.37. The Morgan fingerprint density at radius 3 is 2.59 bits per heavy atom. The molecule has 2 heterocycles. The summed E-state index contributed by atoms with van der Waals surface area (Å²) in [7, 11) is 0. The van der Waals surface area contributed by atoms with E-state index < -0.39 is 0 Å². The highest BCUT2D eigenvalue weighted by Crippen LogP contribution is 2.22. The molecule has 1 aromatic heterocycles. The van der Waals surface area contributed by atoms with E-state index in [1.54, 1.807) is 0 Å². The number of para-hydroxylation sites is 1. The number of benzene rings is 2. The highest BCUT2D eigenvalue weighted by molar-refractivity contribution is 5.76. The molecule has 0 spiro atoms. The van der Waals surface area contributed by atoms with Crippen LogP contribution >= 0.6 is 0 Å². The summed E-state index contributed by atoms with van der Waals surface area (Å²) in [5.74, 6) is 0.173. The molecule has 0 N–H and O–H groups in total. The van der Waals surface area contributed by atoms with E-state index in [0.717, 1.165) is 16.8 Å². The second-order valence-electron chi connectivity index (χ2n) is 6.74. The van der Waals surface area contributed by atoms with Crippen LogP contribution in [0.1, 0.15) is 23.7 Å². The molecule has 1 unspecified atom stereocenters. The first-order valence-electron chi connectivity index (χ1n) is 9.33. The number of hydrogen-bond donors (Lipinski definition) is 0. The van der Waals surface area contributed by atoms with Gasteiger partial charge in [-0.15, -0.1) is 0 Å². The summed E-state index contributed by atoms with van der Waals surface area (Å²) < 4.78 is 7.70. The third-order valence-electron chi connectivity index (χ3n) is 4.87. The maximum Gasteiger partial charge on any atom is 0.223 e. The van der Waals surface area contributed by atoms with E-state index in [0.29, 0.717) is 32.5 Å². The van der Waals surface area contributed by atoms with E-state index in [9.17, 15) is 4.79 Å². The number of carbonyl (C=O) groups excluding carboxylic acids is 1. The summed E-state index contributed by atoms with van der Waals surface area (Å²) in [4.78, 5) is 14.6. The van der Waals surface area contributed by atoms with E-state index in [2.05, 4.69) is 17.2 Å². The number of nitrogens with zero attached hydrogens (tertiary/aromatic N) is 3. The van der Waals surface area contributed by atoms with Crippen molar-refractivity contribution in [2.75, 3.05) is 19.7 Å². The first-order valence-corrected chi connectivity index (χ1v) is 9.33. The molecular weight excluding hydrogens is 338 g/mol. The Bertz CT molecular complexity index is 877. The summed E-state index contributed by atoms with van der Waals surface area (Å²) in [6.45, 7) is 1.86. The van der Waals surface area contributed by atoms with Crippen LogP contribution in [-0.4, -0.2) is 40.3 Å². The molecule has 0 saturated carbocycles. The lowest BCUT2D eigenvalue weighted by Crippen LogP contribution is -2.42. The van der Waals surface area contributed by atoms with Gasteiger partial charge in [-0.3, -0.25) is 4.79 Å². The molecule has 2 aromatic carbocycles. The fraction of sp³-hybridized carbons (Fsp3) is 0.273. The van der Waals surface area contributed by atoms with Crippen LogP contribution in [0.3, 0.4) is 0 Å². The minimum Gasteiger partial charge on any atom is -0.370 e. The molecule has 1 aliphatic heterocycles. The van der Waals surface area contributed by atoms with Crippen molar-refractivity contribution < 1.29 is 9.53 Å². The number of aryl methyl sites for hydroxylation is 1. The first-order chi connectivity index (χ1) is 13.3. The summed E-state index contributed by atoms with van der Waals surface area (Å²) in [5.41, 5.74) is 3.22. The molecule has 4 rings (SSSR count). The molecule has 0 bridgehead atoms. The minimum absolute atomic E-state index is 0.0373. The molecule has 1 amide bonds. The van der Waals surface area contributed by atoms with Crippen molar-refractivity contribution in [1.29, 1.82) is 0 Å². The van der Waals surface area contributed by atoms with Gasteiger partial charge in [0.1, 0.15) is 6.10 Å². The zero-order valence-electron chi connectivity index (χ0n) is 15.2. The number of carbonyl (C=O) groups is 1. The van der Waals surface area contributed by atoms with Crippen molar-refractivity contribution in [3.63, 3.8) is 0 Å². The van der Waals surface area contributed by atoms with Gasteiger partial charge in [0.2, 0.25) is 5.91 Å². The molecule has 27 heavy (non-hydrogen) atoms. The molecule has 1 atom stereocenters. The second-order valence-corrected chi connectivity index (χ2v) is 6.74. The van der Waals surface area contributed by atoms with Gasteiger partial charge in [-0.2, -0.15) is 5.10 Å². The van der Waals surface area contributed by atoms with Gasteiger partial charge in [-0.1, -0.05) is 48.5 Å². The van der Waals surface area contributed by atoms with Gasteiger partial charge in [-0.25, -0.2) is 4.68 Å². The van der Waals surface area contributed by atoms with Gasteiger partial charge in [0.15, 0.2) is 0 Å². The number of ether oxygens (including phenoxy) is 1. The lowest BCUT2D eigenvalue weighted by atomic mass is 10.1. The summed E-state index contributed by atoms with van der Waals surface area (Å²) in [5, 5.41) is 4.40. The Kier molecular flexibility index (Phi) is 5.30. The van der Waals surface area contributed by atoms with Crippen LogP contribution in [0.2, 0.25) is 0 Å². The molecule has 138 valence electrons. The Morgan fingerprint density at radius 1 is 1.07 bits per heavy atom. The molecule has 3 aromatic rings. The van der Waals surface area contributed by atoms with Crippen LogP contribution in [-0.2, 0) is 16.0 Å². The van der Waals surface area contributed by atoms with Crippen molar-refractivity contribution in [2.45, 2.75) is 18.9 Å². The zero-order valence-corrected chi connectivity index (χ0v) is 15.2. The lowest BCUT2D eigenvalue weighted by Gasteiger charge is -2.33. The van der Waals surface area contributed by atoms with Crippen molar-refractivity contribution in [3.8, 4) is 5.69 Å². The van der Waals surface area contributed by atoms with Gasteiger partial charge < -0.3 is 9.64 Å². The minimum atomic E-state index is -0.0373. The zero-order chi connectivity index (χ0) is 18.5. The number of hydrogen-bond acceptors (Lipinski definition) is 3. The van der Waals surface area contributed by atoms with E-state index in [4.69, 9.17) is 4.74 Å². The molecular formula is C22H23N3O2. The average Bonchev–Trinajstić information content (AvgIpc) is 3.22. The van der Waals surface area contributed by atoms with Crippen LogP contribution in [0.25, 0.3) is 5.69 Å². The van der Waals surface area contributed by atoms with Gasteiger partial charge >= 0.3 is 0 Å². The van der Waals surface area contributed by atoms with E-state index in [1.807, 2.05) is 70.5 Å². The fourth-order valence-electron chi connectivity index (χ4n) is 3.37. The maximum atomic E-state index is 12.7. The molecule has 0 aliphatic carbocycles. The topological polar surface area (TPSA) is 47.4 Å². The van der Waals surface area contributed by atoms with Gasteiger partial charge in [0.25, 0.3) is 0 Å². The molecule has 0 radical (unpaired) electrons. The average molecular weight is 361 g/mol. The predicted molar refractivity (Wildman–Crippen MR) is 104 cm³/mol. The van der Waals surface area contributed by atoms with Crippen molar-refractivity contribution >= 4 is 5.91 Å². The van der Waals surface area contributed by atoms with Gasteiger partial charge in [0.05, 0.1) is 25.0 Å². The molecule has 5 nitrogen and oxygen atoms in total. The van der Waals surface area contributed by atoms with Crippen LogP contribution < -0.4 is 0 Å². The number of rotatable bonds is 5. The summed E-state index contributed by atoms with van der Waals surface area (Å²) in [6.07, 6.45) is 4.98. The smallest absolute Gasteiger partial charge is 0.223 e. The third kappa shape index (κ3) is 4.26. The molecule has 1 saturated heterocycles. The van der Waals surface area contributed by atoms with Crippen LogP contribution in [0.5, 0.6) is 0 Å². The highest BCUT2D eigenvalue weighted by atomic mass is 16.5. The number of aromatic nitrogens is 2. The Hall–Kier alpha value is -2.92. The highest BCUT2D eigenvalue weighted by Gasteiger charge is 2.25. The number of amides is 1. The monoisotopic (exact) mass is 361 g/mol. The van der Waals surface area contributed by atoms with Crippen LogP contribution in [0.15, 0.2) is 73.1 Å².